The topological polar surface area (TPSA) is 54.9 Å². The molecule has 2 heterocycles. The third-order valence-electron chi connectivity index (χ3n) is 3.61. The smallest absolute Gasteiger partial charge is 0.253 e. The minimum atomic E-state index is -0.317. The van der Waals surface area contributed by atoms with Gasteiger partial charge in [-0.15, -0.1) is 11.3 Å². The van der Waals surface area contributed by atoms with Crippen LogP contribution in [0.5, 0.6) is 0 Å². The van der Waals surface area contributed by atoms with E-state index in [1.54, 1.807) is 23.6 Å². The minimum Gasteiger partial charge on any atom is -0.340 e. The van der Waals surface area contributed by atoms with Crippen LogP contribution in [0.1, 0.15) is 40.3 Å². The van der Waals surface area contributed by atoms with E-state index in [9.17, 15) is 4.79 Å². The Labute approximate surface area is 126 Å². The van der Waals surface area contributed by atoms with Crippen LogP contribution < -0.4 is 5.32 Å². The van der Waals surface area contributed by atoms with Crippen molar-refractivity contribution in [2.24, 2.45) is 0 Å². The number of thiazole rings is 1. The van der Waals surface area contributed by atoms with Gasteiger partial charge in [-0.1, -0.05) is 11.6 Å². The summed E-state index contributed by atoms with van der Waals surface area (Å²) in [6.07, 6.45) is 6.00. The predicted molar refractivity (Wildman–Crippen MR) is 79.1 cm³/mol. The monoisotopic (exact) mass is 307 g/mol. The first kappa shape index (κ1) is 13.5. The standard InChI is InChI=1S/C14H14ClN3OS/c1-9-8-20-13(17-9)14(4-2-5-14)18-12(19)10-3-6-16-7-11(10)15/h3,6-8H,2,4-5H2,1H3,(H,18,19). The van der Waals surface area contributed by atoms with Crippen LogP contribution in [-0.4, -0.2) is 15.9 Å². The molecule has 0 radical (unpaired) electrons. The summed E-state index contributed by atoms with van der Waals surface area (Å²) in [6.45, 7) is 1.97. The fraction of sp³-hybridized carbons (Fsp3) is 0.357. The van der Waals surface area contributed by atoms with Crippen molar-refractivity contribution in [3.63, 3.8) is 0 Å². The van der Waals surface area contributed by atoms with E-state index in [1.165, 1.54) is 6.20 Å². The van der Waals surface area contributed by atoms with Crippen molar-refractivity contribution in [1.29, 1.82) is 0 Å². The fourth-order valence-corrected chi connectivity index (χ4v) is 3.56. The number of halogens is 1. The normalized spacial score (nSPS) is 16.5. The average molecular weight is 308 g/mol. The SMILES string of the molecule is Cc1csc(C2(NC(=O)c3ccncc3Cl)CCC2)n1. The molecule has 20 heavy (non-hydrogen) atoms. The highest BCUT2D eigenvalue weighted by molar-refractivity contribution is 7.09. The van der Waals surface area contributed by atoms with Gasteiger partial charge in [0, 0.05) is 23.5 Å². The van der Waals surface area contributed by atoms with Gasteiger partial charge in [0.2, 0.25) is 0 Å². The molecule has 0 aromatic carbocycles. The van der Waals surface area contributed by atoms with Crippen LogP contribution in [0, 0.1) is 6.92 Å². The van der Waals surface area contributed by atoms with Crippen molar-refractivity contribution in [2.45, 2.75) is 31.7 Å². The minimum absolute atomic E-state index is 0.162. The van der Waals surface area contributed by atoms with E-state index in [1.807, 2.05) is 12.3 Å². The average Bonchev–Trinajstić information content (AvgIpc) is 2.81. The van der Waals surface area contributed by atoms with Gasteiger partial charge in [0.05, 0.1) is 16.1 Å². The number of carbonyl (C=O) groups is 1. The van der Waals surface area contributed by atoms with Crippen molar-refractivity contribution in [3.8, 4) is 0 Å². The molecular weight excluding hydrogens is 294 g/mol. The molecule has 0 saturated heterocycles. The molecule has 2 aromatic heterocycles. The second kappa shape index (κ2) is 5.14. The largest absolute Gasteiger partial charge is 0.340 e. The fourth-order valence-electron chi connectivity index (χ4n) is 2.34. The lowest BCUT2D eigenvalue weighted by Crippen LogP contribution is -2.50. The number of aryl methyl sites for hydroxylation is 1. The first-order valence-electron chi connectivity index (χ1n) is 6.45. The van der Waals surface area contributed by atoms with E-state index in [4.69, 9.17) is 11.6 Å². The van der Waals surface area contributed by atoms with Crippen LogP contribution in [-0.2, 0) is 5.54 Å². The number of amides is 1. The van der Waals surface area contributed by atoms with Crippen LogP contribution in [0.4, 0.5) is 0 Å². The second-order valence-corrected chi connectivity index (χ2v) is 6.30. The Balaban J connectivity index is 1.86. The van der Waals surface area contributed by atoms with Crippen LogP contribution in [0.3, 0.4) is 0 Å². The Morgan fingerprint density at radius 3 is 2.85 bits per heavy atom. The summed E-state index contributed by atoms with van der Waals surface area (Å²) in [4.78, 5) is 20.8. The van der Waals surface area contributed by atoms with E-state index in [2.05, 4.69) is 15.3 Å². The molecule has 0 unspecified atom stereocenters. The number of nitrogens with zero attached hydrogens (tertiary/aromatic N) is 2. The van der Waals surface area contributed by atoms with Gasteiger partial charge in [-0.05, 0) is 32.3 Å². The number of nitrogens with one attached hydrogen (secondary N) is 1. The molecule has 1 N–H and O–H groups in total. The third-order valence-corrected chi connectivity index (χ3v) is 5.07. The van der Waals surface area contributed by atoms with E-state index in [-0.39, 0.29) is 11.4 Å². The molecule has 4 nitrogen and oxygen atoms in total. The van der Waals surface area contributed by atoms with Crippen molar-refractivity contribution in [3.05, 3.63) is 45.1 Å². The summed E-state index contributed by atoms with van der Waals surface area (Å²) in [5, 5.41) is 6.48. The molecule has 1 aliphatic rings. The number of carbonyl (C=O) groups excluding carboxylic acids is 1. The van der Waals surface area contributed by atoms with Gasteiger partial charge in [0.15, 0.2) is 0 Å². The first-order chi connectivity index (χ1) is 9.61. The maximum absolute atomic E-state index is 12.4. The highest BCUT2D eigenvalue weighted by Gasteiger charge is 2.42. The Kier molecular flexibility index (Phi) is 3.48. The zero-order valence-electron chi connectivity index (χ0n) is 11.0. The van der Waals surface area contributed by atoms with Crippen molar-refractivity contribution in [2.75, 3.05) is 0 Å². The van der Waals surface area contributed by atoms with Crippen LogP contribution in [0.25, 0.3) is 0 Å². The highest BCUT2D eigenvalue weighted by Crippen LogP contribution is 2.42. The molecule has 3 rings (SSSR count). The second-order valence-electron chi connectivity index (χ2n) is 5.04. The van der Waals surface area contributed by atoms with Gasteiger partial charge in [-0.2, -0.15) is 0 Å². The number of pyridine rings is 1. The summed E-state index contributed by atoms with van der Waals surface area (Å²) < 4.78 is 0. The zero-order chi connectivity index (χ0) is 14.2. The molecule has 1 fully saturated rings. The third kappa shape index (κ3) is 2.31. The van der Waals surface area contributed by atoms with Crippen molar-refractivity contribution >= 4 is 28.8 Å². The van der Waals surface area contributed by atoms with Gasteiger partial charge in [-0.25, -0.2) is 4.98 Å². The molecule has 2 aromatic rings. The lowest BCUT2D eigenvalue weighted by Gasteiger charge is -2.40. The van der Waals surface area contributed by atoms with Crippen LogP contribution >= 0.6 is 22.9 Å². The van der Waals surface area contributed by atoms with Crippen LogP contribution in [0.15, 0.2) is 23.8 Å². The molecule has 1 saturated carbocycles. The zero-order valence-corrected chi connectivity index (χ0v) is 12.6. The van der Waals surface area contributed by atoms with E-state index >= 15 is 0 Å². The summed E-state index contributed by atoms with van der Waals surface area (Å²) in [5.41, 5.74) is 1.14. The lowest BCUT2D eigenvalue weighted by atomic mass is 9.77. The number of hydrogen-bond donors (Lipinski definition) is 1. The van der Waals surface area contributed by atoms with E-state index in [0.29, 0.717) is 10.6 Å². The van der Waals surface area contributed by atoms with E-state index in [0.717, 1.165) is 30.0 Å². The number of rotatable bonds is 3. The molecule has 0 atom stereocenters. The van der Waals surface area contributed by atoms with Gasteiger partial charge >= 0.3 is 0 Å². The number of hydrogen-bond acceptors (Lipinski definition) is 4. The molecule has 1 amide bonds. The molecular formula is C14H14ClN3OS. The maximum Gasteiger partial charge on any atom is 0.253 e. The van der Waals surface area contributed by atoms with Crippen molar-refractivity contribution in [1.82, 2.24) is 15.3 Å². The summed E-state index contributed by atoms with van der Waals surface area (Å²) in [6, 6.07) is 1.64. The maximum atomic E-state index is 12.4. The van der Waals surface area contributed by atoms with E-state index < -0.39 is 0 Å². The van der Waals surface area contributed by atoms with Crippen LogP contribution in [0.2, 0.25) is 5.02 Å². The summed E-state index contributed by atoms with van der Waals surface area (Å²) in [7, 11) is 0. The summed E-state index contributed by atoms with van der Waals surface area (Å²) in [5.74, 6) is -0.162. The van der Waals surface area contributed by atoms with Gasteiger partial charge in [-0.3, -0.25) is 9.78 Å². The molecule has 0 spiro atoms. The molecule has 0 bridgehead atoms. The lowest BCUT2D eigenvalue weighted by molar-refractivity contribution is 0.0822. The Bertz CT molecular complexity index is 651. The Morgan fingerprint density at radius 2 is 2.30 bits per heavy atom. The van der Waals surface area contributed by atoms with Gasteiger partial charge < -0.3 is 5.32 Å². The molecule has 6 heteroatoms. The molecule has 104 valence electrons. The quantitative estimate of drug-likeness (QED) is 0.946. The highest BCUT2D eigenvalue weighted by atomic mass is 35.5. The Hall–Kier alpha value is -1.46. The predicted octanol–water partition coefficient (Wildman–Crippen LogP) is 3.31. The number of aromatic nitrogens is 2. The van der Waals surface area contributed by atoms with Gasteiger partial charge in [0.25, 0.3) is 5.91 Å². The van der Waals surface area contributed by atoms with Gasteiger partial charge in [0.1, 0.15) is 5.01 Å². The Morgan fingerprint density at radius 1 is 1.50 bits per heavy atom. The molecule has 0 aliphatic heterocycles. The molecule has 1 aliphatic carbocycles. The van der Waals surface area contributed by atoms with Crippen molar-refractivity contribution < 1.29 is 4.79 Å². The summed E-state index contributed by atoms with van der Waals surface area (Å²) >= 11 is 7.63. The first-order valence-corrected chi connectivity index (χ1v) is 7.71.